The van der Waals surface area contributed by atoms with E-state index in [0.717, 1.165) is 11.3 Å². The van der Waals surface area contributed by atoms with E-state index in [0.29, 0.717) is 23.1 Å². The molecule has 0 bridgehead atoms. The molecule has 1 N–H and O–H groups in total. The summed E-state index contributed by atoms with van der Waals surface area (Å²) in [6, 6.07) is 17.4. The van der Waals surface area contributed by atoms with Crippen molar-refractivity contribution in [1.29, 1.82) is 0 Å². The van der Waals surface area contributed by atoms with Crippen molar-refractivity contribution in [3.63, 3.8) is 0 Å². The standard InChI is InChI=1S/C21H18F3NO3/c1-27-15-8-6-14(7-9-15)12-28-19-11-10-18(16-4-2-3-5-17(16)19)20(26)25-13-21(22,23)24/h2-11H,12-13H2,1H3,(H,25,26). The lowest BCUT2D eigenvalue weighted by atomic mass is 10.0. The molecule has 3 aromatic carbocycles. The first-order valence-electron chi connectivity index (χ1n) is 8.50. The Hall–Kier alpha value is -3.22. The fourth-order valence-corrected chi connectivity index (χ4v) is 2.75. The van der Waals surface area contributed by atoms with Crippen LogP contribution in [-0.2, 0) is 6.61 Å². The van der Waals surface area contributed by atoms with Crippen LogP contribution in [0.3, 0.4) is 0 Å². The Morgan fingerprint density at radius 2 is 1.64 bits per heavy atom. The van der Waals surface area contributed by atoms with E-state index in [1.807, 2.05) is 29.6 Å². The molecular formula is C21H18F3NO3. The highest BCUT2D eigenvalue weighted by Gasteiger charge is 2.28. The number of carbonyl (C=O) groups excluding carboxylic acids is 1. The Balaban J connectivity index is 1.81. The number of methoxy groups -OCH3 is 1. The minimum absolute atomic E-state index is 0.164. The van der Waals surface area contributed by atoms with Crippen molar-refractivity contribution < 1.29 is 27.4 Å². The third kappa shape index (κ3) is 4.73. The van der Waals surface area contributed by atoms with E-state index in [1.54, 1.807) is 37.4 Å². The molecule has 0 saturated heterocycles. The van der Waals surface area contributed by atoms with Gasteiger partial charge in [-0.05, 0) is 35.2 Å². The monoisotopic (exact) mass is 389 g/mol. The molecule has 0 radical (unpaired) electrons. The van der Waals surface area contributed by atoms with Gasteiger partial charge in [-0.3, -0.25) is 4.79 Å². The van der Waals surface area contributed by atoms with E-state index in [1.165, 1.54) is 6.07 Å². The van der Waals surface area contributed by atoms with E-state index < -0.39 is 18.6 Å². The minimum Gasteiger partial charge on any atom is -0.497 e. The van der Waals surface area contributed by atoms with Gasteiger partial charge in [0.2, 0.25) is 0 Å². The quantitative estimate of drug-likeness (QED) is 0.664. The molecule has 0 heterocycles. The average Bonchev–Trinajstić information content (AvgIpc) is 2.70. The number of nitrogens with one attached hydrogen (secondary N) is 1. The summed E-state index contributed by atoms with van der Waals surface area (Å²) in [5, 5.41) is 3.07. The number of rotatable bonds is 6. The molecule has 0 fully saturated rings. The maximum atomic E-state index is 12.4. The molecule has 0 saturated carbocycles. The summed E-state index contributed by atoms with van der Waals surface area (Å²) >= 11 is 0. The number of hydrogen-bond acceptors (Lipinski definition) is 3. The molecular weight excluding hydrogens is 371 g/mol. The number of ether oxygens (including phenoxy) is 2. The lowest BCUT2D eigenvalue weighted by molar-refractivity contribution is -0.123. The van der Waals surface area contributed by atoms with E-state index in [-0.39, 0.29) is 5.56 Å². The van der Waals surface area contributed by atoms with Crippen molar-refractivity contribution in [1.82, 2.24) is 5.32 Å². The van der Waals surface area contributed by atoms with E-state index >= 15 is 0 Å². The zero-order valence-corrected chi connectivity index (χ0v) is 15.0. The summed E-state index contributed by atoms with van der Waals surface area (Å²) in [5.74, 6) is 0.498. The molecule has 0 aliphatic rings. The lowest BCUT2D eigenvalue weighted by Gasteiger charge is -2.14. The predicted octanol–water partition coefficient (Wildman–Crippen LogP) is 4.72. The molecule has 0 unspecified atom stereocenters. The SMILES string of the molecule is COc1ccc(COc2ccc(C(=O)NCC(F)(F)F)c3ccccc23)cc1. The van der Waals surface area contributed by atoms with Gasteiger partial charge in [0.15, 0.2) is 0 Å². The summed E-state index contributed by atoms with van der Waals surface area (Å²) in [7, 11) is 1.59. The van der Waals surface area contributed by atoms with Gasteiger partial charge >= 0.3 is 6.18 Å². The summed E-state index contributed by atoms with van der Waals surface area (Å²) in [6.07, 6.45) is -4.47. The molecule has 28 heavy (non-hydrogen) atoms. The molecule has 3 rings (SSSR count). The Labute approximate surface area is 159 Å². The molecule has 1 amide bonds. The molecule has 0 aliphatic heterocycles. The first kappa shape index (κ1) is 19.5. The summed E-state index contributed by atoms with van der Waals surface area (Å²) in [4.78, 5) is 12.2. The second-order valence-electron chi connectivity index (χ2n) is 6.09. The van der Waals surface area contributed by atoms with Crippen LogP contribution >= 0.6 is 0 Å². The van der Waals surface area contributed by atoms with Crippen molar-refractivity contribution in [2.24, 2.45) is 0 Å². The van der Waals surface area contributed by atoms with Crippen molar-refractivity contribution in [2.75, 3.05) is 13.7 Å². The third-order valence-electron chi connectivity index (χ3n) is 4.13. The Kier molecular flexibility index (Phi) is 5.73. The van der Waals surface area contributed by atoms with Crippen LogP contribution in [0.5, 0.6) is 11.5 Å². The first-order chi connectivity index (χ1) is 13.4. The maximum absolute atomic E-state index is 12.4. The van der Waals surface area contributed by atoms with E-state index in [9.17, 15) is 18.0 Å². The second kappa shape index (κ2) is 8.21. The van der Waals surface area contributed by atoms with Gasteiger partial charge in [0.1, 0.15) is 24.7 Å². The van der Waals surface area contributed by atoms with Gasteiger partial charge in [-0.2, -0.15) is 13.2 Å². The van der Waals surface area contributed by atoms with Crippen molar-refractivity contribution >= 4 is 16.7 Å². The normalized spacial score (nSPS) is 11.3. The van der Waals surface area contributed by atoms with Gasteiger partial charge in [0.25, 0.3) is 5.91 Å². The van der Waals surface area contributed by atoms with Crippen molar-refractivity contribution in [3.8, 4) is 11.5 Å². The highest BCUT2D eigenvalue weighted by molar-refractivity contribution is 6.08. The fourth-order valence-electron chi connectivity index (χ4n) is 2.75. The van der Waals surface area contributed by atoms with Gasteiger partial charge in [-0.25, -0.2) is 0 Å². The molecule has 0 aliphatic carbocycles. The van der Waals surface area contributed by atoms with Crippen LogP contribution in [0.2, 0.25) is 0 Å². The number of fused-ring (bicyclic) bond motifs is 1. The minimum atomic E-state index is -4.47. The van der Waals surface area contributed by atoms with Gasteiger partial charge in [-0.15, -0.1) is 0 Å². The molecule has 0 aromatic heterocycles. The van der Waals surface area contributed by atoms with Crippen molar-refractivity contribution in [3.05, 3.63) is 71.8 Å². The van der Waals surface area contributed by atoms with Crippen LogP contribution in [0.4, 0.5) is 13.2 Å². The number of benzene rings is 3. The fraction of sp³-hybridized carbons (Fsp3) is 0.190. The smallest absolute Gasteiger partial charge is 0.405 e. The molecule has 4 nitrogen and oxygen atoms in total. The highest BCUT2D eigenvalue weighted by Crippen LogP contribution is 2.29. The number of hydrogen-bond donors (Lipinski definition) is 1. The average molecular weight is 389 g/mol. The Morgan fingerprint density at radius 3 is 2.29 bits per heavy atom. The van der Waals surface area contributed by atoms with Gasteiger partial charge in [-0.1, -0.05) is 36.4 Å². The van der Waals surface area contributed by atoms with Gasteiger partial charge in [0.05, 0.1) is 7.11 Å². The van der Waals surface area contributed by atoms with Crippen LogP contribution < -0.4 is 14.8 Å². The van der Waals surface area contributed by atoms with Crippen LogP contribution in [0, 0.1) is 0 Å². The summed E-state index contributed by atoms with van der Waals surface area (Å²) < 4.78 is 48.1. The Bertz CT molecular complexity index is 969. The summed E-state index contributed by atoms with van der Waals surface area (Å²) in [6.45, 7) is -1.08. The number of carbonyl (C=O) groups is 1. The maximum Gasteiger partial charge on any atom is 0.405 e. The third-order valence-corrected chi connectivity index (χ3v) is 4.13. The number of amides is 1. The molecule has 3 aromatic rings. The first-order valence-corrected chi connectivity index (χ1v) is 8.50. The highest BCUT2D eigenvalue weighted by atomic mass is 19.4. The van der Waals surface area contributed by atoms with E-state index in [2.05, 4.69) is 0 Å². The molecule has 0 atom stereocenters. The van der Waals surface area contributed by atoms with Gasteiger partial charge in [0, 0.05) is 10.9 Å². The topological polar surface area (TPSA) is 47.6 Å². The van der Waals surface area contributed by atoms with Gasteiger partial charge < -0.3 is 14.8 Å². The van der Waals surface area contributed by atoms with Crippen LogP contribution in [0.25, 0.3) is 10.8 Å². The lowest BCUT2D eigenvalue weighted by Crippen LogP contribution is -2.33. The predicted molar refractivity (Wildman–Crippen MR) is 99.7 cm³/mol. The van der Waals surface area contributed by atoms with Crippen LogP contribution in [-0.4, -0.2) is 25.7 Å². The molecule has 146 valence electrons. The summed E-state index contributed by atoms with van der Waals surface area (Å²) in [5.41, 5.74) is 1.09. The van der Waals surface area contributed by atoms with Crippen LogP contribution in [0.15, 0.2) is 60.7 Å². The van der Waals surface area contributed by atoms with Crippen LogP contribution in [0.1, 0.15) is 15.9 Å². The van der Waals surface area contributed by atoms with E-state index in [4.69, 9.17) is 9.47 Å². The second-order valence-corrected chi connectivity index (χ2v) is 6.09. The Morgan fingerprint density at radius 1 is 0.964 bits per heavy atom. The number of halogens is 3. The zero-order chi connectivity index (χ0) is 20.1. The van der Waals surface area contributed by atoms with Crippen molar-refractivity contribution in [2.45, 2.75) is 12.8 Å². The molecule has 0 spiro atoms. The molecule has 7 heteroatoms. The largest absolute Gasteiger partial charge is 0.497 e. The number of alkyl halides is 3. The zero-order valence-electron chi connectivity index (χ0n) is 15.0.